The Morgan fingerprint density at radius 2 is 2.07 bits per heavy atom. The van der Waals surface area contributed by atoms with E-state index in [1.165, 1.54) is 4.90 Å². The third kappa shape index (κ3) is 6.70. The summed E-state index contributed by atoms with van der Waals surface area (Å²) in [6.45, 7) is 2.01. The van der Waals surface area contributed by atoms with Gasteiger partial charge in [0.05, 0.1) is 17.1 Å². The molecule has 0 spiro atoms. The monoisotopic (exact) mass is 429 g/mol. The quantitative estimate of drug-likeness (QED) is 0.552. The van der Waals surface area contributed by atoms with Gasteiger partial charge in [0.15, 0.2) is 16.4 Å². The van der Waals surface area contributed by atoms with Gasteiger partial charge in [-0.25, -0.2) is 13.2 Å². The first-order valence-corrected chi connectivity index (χ1v) is 12.8. The first kappa shape index (κ1) is 22.5. The van der Waals surface area contributed by atoms with Crippen LogP contribution >= 0.6 is 0 Å². The minimum Gasteiger partial charge on any atom is -0.452 e. The lowest BCUT2D eigenvalue weighted by molar-refractivity contribution is -0.136. The van der Waals surface area contributed by atoms with Crippen molar-refractivity contribution in [3.8, 4) is 0 Å². The number of carbonyl (C=O) groups is 2. The van der Waals surface area contributed by atoms with E-state index in [0.29, 0.717) is 24.3 Å². The summed E-state index contributed by atoms with van der Waals surface area (Å²) < 4.78 is 40.0. The van der Waals surface area contributed by atoms with Gasteiger partial charge in [-0.3, -0.25) is 9.00 Å². The van der Waals surface area contributed by atoms with Gasteiger partial charge < -0.3 is 9.64 Å². The first-order valence-electron chi connectivity index (χ1n) is 9.28. The molecule has 1 aliphatic rings. The standard InChI is InChI=1S/C19H27NO6S2/c1-3-4-9-20(17-8-10-28(24,25)14-17)18(21)12-26-19(22)16-7-5-6-15(11-16)13-27(2)23/h5-7,11,17H,3-4,8-10,12-14H2,1-2H3. The van der Waals surface area contributed by atoms with Gasteiger partial charge in [-0.1, -0.05) is 25.5 Å². The van der Waals surface area contributed by atoms with Crippen LogP contribution in [-0.4, -0.2) is 66.4 Å². The normalized spacial score (nSPS) is 19.1. The van der Waals surface area contributed by atoms with E-state index >= 15 is 0 Å². The topological polar surface area (TPSA) is 97.8 Å². The van der Waals surface area contributed by atoms with E-state index in [0.717, 1.165) is 18.4 Å². The van der Waals surface area contributed by atoms with E-state index in [1.54, 1.807) is 30.5 Å². The van der Waals surface area contributed by atoms with E-state index in [4.69, 9.17) is 4.74 Å². The highest BCUT2D eigenvalue weighted by Crippen LogP contribution is 2.19. The van der Waals surface area contributed by atoms with E-state index in [2.05, 4.69) is 0 Å². The Balaban J connectivity index is 1.99. The Hall–Kier alpha value is -1.74. The van der Waals surface area contributed by atoms with Crippen LogP contribution in [0.25, 0.3) is 0 Å². The molecular weight excluding hydrogens is 402 g/mol. The van der Waals surface area contributed by atoms with Crippen LogP contribution in [0.4, 0.5) is 0 Å². The molecule has 2 atom stereocenters. The zero-order chi connectivity index (χ0) is 20.7. The zero-order valence-electron chi connectivity index (χ0n) is 16.3. The summed E-state index contributed by atoms with van der Waals surface area (Å²) >= 11 is 0. The summed E-state index contributed by atoms with van der Waals surface area (Å²) in [5, 5.41) is 0. The molecule has 0 N–H and O–H groups in total. The predicted octanol–water partition coefficient (Wildman–Crippen LogP) is 1.54. The molecule has 2 rings (SSSR count). The Bertz CT molecular complexity index is 837. The van der Waals surface area contributed by atoms with Crippen LogP contribution in [0.3, 0.4) is 0 Å². The molecule has 0 aromatic heterocycles. The Morgan fingerprint density at radius 1 is 1.32 bits per heavy atom. The maximum absolute atomic E-state index is 12.6. The highest BCUT2D eigenvalue weighted by Gasteiger charge is 2.34. The van der Waals surface area contributed by atoms with Gasteiger partial charge in [-0.05, 0) is 30.5 Å². The van der Waals surface area contributed by atoms with Gasteiger partial charge in [0.1, 0.15) is 0 Å². The second-order valence-corrected chi connectivity index (χ2v) is 10.7. The number of rotatable bonds is 9. The van der Waals surface area contributed by atoms with Crippen molar-refractivity contribution in [1.29, 1.82) is 0 Å². The summed E-state index contributed by atoms with van der Waals surface area (Å²) in [6, 6.07) is 6.28. The lowest BCUT2D eigenvalue weighted by Crippen LogP contribution is -2.43. The number of ether oxygens (including phenoxy) is 1. The number of unbranched alkanes of at least 4 members (excludes halogenated alkanes) is 1. The fraction of sp³-hybridized carbons (Fsp3) is 0.579. The number of hydrogen-bond donors (Lipinski definition) is 0. The van der Waals surface area contributed by atoms with Crippen molar-refractivity contribution in [2.75, 3.05) is 30.9 Å². The first-order chi connectivity index (χ1) is 13.2. The lowest BCUT2D eigenvalue weighted by atomic mass is 10.1. The fourth-order valence-corrected chi connectivity index (χ4v) is 5.56. The highest BCUT2D eigenvalue weighted by molar-refractivity contribution is 7.91. The van der Waals surface area contributed by atoms with Crippen molar-refractivity contribution in [2.45, 2.75) is 38.0 Å². The summed E-state index contributed by atoms with van der Waals surface area (Å²) in [5.74, 6) is -0.631. The van der Waals surface area contributed by atoms with Crippen molar-refractivity contribution < 1.29 is 27.0 Å². The molecule has 28 heavy (non-hydrogen) atoms. The Morgan fingerprint density at radius 3 is 2.68 bits per heavy atom. The van der Waals surface area contributed by atoms with Crippen LogP contribution in [-0.2, 0) is 35.9 Å². The molecular formula is C19H27NO6S2. The molecule has 0 radical (unpaired) electrons. The van der Waals surface area contributed by atoms with E-state index in [1.807, 2.05) is 6.92 Å². The van der Waals surface area contributed by atoms with Crippen molar-refractivity contribution in [3.05, 3.63) is 35.4 Å². The summed E-state index contributed by atoms with van der Waals surface area (Å²) in [6.07, 6.45) is 3.63. The van der Waals surface area contributed by atoms with Crippen molar-refractivity contribution in [3.63, 3.8) is 0 Å². The SMILES string of the molecule is CCCCN(C(=O)COC(=O)c1cccc(CS(C)=O)c1)C1CCS(=O)(=O)C1. The summed E-state index contributed by atoms with van der Waals surface area (Å²) in [5.41, 5.74) is 1.04. The molecule has 1 fully saturated rings. The maximum atomic E-state index is 12.6. The lowest BCUT2D eigenvalue weighted by Gasteiger charge is -2.28. The molecule has 156 valence electrons. The Kier molecular flexibility index (Phi) is 8.18. The zero-order valence-corrected chi connectivity index (χ0v) is 17.9. The van der Waals surface area contributed by atoms with Gasteiger partial charge in [0, 0.05) is 35.4 Å². The molecule has 7 nitrogen and oxygen atoms in total. The highest BCUT2D eigenvalue weighted by atomic mass is 32.2. The smallest absolute Gasteiger partial charge is 0.338 e. The van der Waals surface area contributed by atoms with Crippen LogP contribution in [0.5, 0.6) is 0 Å². The molecule has 0 aliphatic carbocycles. The molecule has 1 aromatic carbocycles. The third-order valence-electron chi connectivity index (χ3n) is 4.58. The van der Waals surface area contributed by atoms with Gasteiger partial charge >= 0.3 is 5.97 Å². The molecule has 1 heterocycles. The van der Waals surface area contributed by atoms with Gasteiger partial charge in [-0.2, -0.15) is 0 Å². The van der Waals surface area contributed by atoms with Gasteiger partial charge in [0.25, 0.3) is 5.91 Å². The molecule has 2 unspecified atom stereocenters. The number of amides is 1. The fourth-order valence-electron chi connectivity index (χ4n) is 3.18. The maximum Gasteiger partial charge on any atom is 0.338 e. The van der Waals surface area contributed by atoms with Crippen LogP contribution in [0.15, 0.2) is 24.3 Å². The molecule has 0 saturated carbocycles. The van der Waals surface area contributed by atoms with E-state index in [-0.39, 0.29) is 23.5 Å². The number of esters is 1. The van der Waals surface area contributed by atoms with Gasteiger partial charge in [0.2, 0.25) is 0 Å². The number of nitrogens with zero attached hydrogens (tertiary/aromatic N) is 1. The van der Waals surface area contributed by atoms with E-state index < -0.39 is 33.2 Å². The van der Waals surface area contributed by atoms with Gasteiger partial charge in [-0.15, -0.1) is 0 Å². The summed E-state index contributed by atoms with van der Waals surface area (Å²) in [7, 11) is -4.14. The predicted molar refractivity (Wildman–Crippen MR) is 108 cm³/mol. The number of sulfone groups is 1. The molecule has 0 bridgehead atoms. The Labute approximate surface area is 168 Å². The largest absolute Gasteiger partial charge is 0.452 e. The number of benzene rings is 1. The molecule has 1 aliphatic heterocycles. The minimum absolute atomic E-state index is 0.0351. The van der Waals surface area contributed by atoms with Crippen molar-refractivity contribution in [2.24, 2.45) is 0 Å². The van der Waals surface area contributed by atoms with Crippen LogP contribution in [0, 0.1) is 0 Å². The molecule has 1 aromatic rings. The van der Waals surface area contributed by atoms with Crippen LogP contribution in [0.2, 0.25) is 0 Å². The average Bonchev–Trinajstić information content (AvgIpc) is 2.99. The second-order valence-electron chi connectivity index (χ2n) is 6.99. The number of hydrogen-bond acceptors (Lipinski definition) is 6. The van der Waals surface area contributed by atoms with Crippen molar-refractivity contribution >= 4 is 32.5 Å². The van der Waals surface area contributed by atoms with Crippen LogP contribution in [0.1, 0.15) is 42.1 Å². The second kappa shape index (κ2) is 10.2. The van der Waals surface area contributed by atoms with Crippen molar-refractivity contribution in [1.82, 2.24) is 4.90 Å². The molecule has 1 saturated heterocycles. The number of carbonyl (C=O) groups excluding carboxylic acids is 2. The summed E-state index contributed by atoms with van der Waals surface area (Å²) in [4.78, 5) is 26.4. The van der Waals surface area contributed by atoms with E-state index in [9.17, 15) is 22.2 Å². The molecule has 1 amide bonds. The third-order valence-corrected chi connectivity index (χ3v) is 7.07. The van der Waals surface area contributed by atoms with Crippen LogP contribution < -0.4 is 0 Å². The minimum atomic E-state index is -3.11. The molecule has 9 heteroatoms. The average molecular weight is 430 g/mol.